The van der Waals surface area contributed by atoms with E-state index in [4.69, 9.17) is 47.4 Å². The quantitative estimate of drug-likeness (QED) is 0.0255. The van der Waals surface area contributed by atoms with Crippen molar-refractivity contribution in [3.63, 3.8) is 0 Å². The Labute approximate surface area is 523 Å². The second-order valence-electron chi connectivity index (χ2n) is 23.8. The number of aliphatic hydroxyl groups excluding tert-OH is 9. The molecule has 4 aliphatic rings. The molecule has 3 aliphatic heterocycles. The zero-order chi connectivity index (χ0) is 66.6. The van der Waals surface area contributed by atoms with Gasteiger partial charge in [-0.15, -0.1) is 0 Å². The van der Waals surface area contributed by atoms with E-state index in [1.54, 1.807) is 0 Å². The normalized spacial score (nSPS) is 30.3. The minimum atomic E-state index is -1.50. The van der Waals surface area contributed by atoms with Crippen LogP contribution in [0.15, 0.2) is 0 Å². The van der Waals surface area contributed by atoms with Gasteiger partial charge in [0.25, 0.3) is 0 Å². The molecular formula is C57H101N7O26. The van der Waals surface area contributed by atoms with Crippen LogP contribution in [-0.2, 0) is 80.9 Å². The summed E-state index contributed by atoms with van der Waals surface area (Å²) in [7, 11) is 0. The van der Waals surface area contributed by atoms with Crippen LogP contribution >= 0.6 is 0 Å². The highest BCUT2D eigenvalue weighted by Crippen LogP contribution is 2.33. The first-order valence-electron chi connectivity index (χ1n) is 30.8. The number of hydrogen-bond donors (Lipinski definition) is 16. The Morgan fingerprint density at radius 3 is 1.03 bits per heavy atom. The Morgan fingerprint density at radius 2 is 0.756 bits per heavy atom. The molecule has 1 aliphatic carbocycles. The molecule has 1 saturated carbocycles. The number of carbonyl (C=O) groups is 7. The Bertz CT molecular complexity index is 1990. The fraction of sp³-hybridized carbons (Fsp3) is 0.877. The van der Waals surface area contributed by atoms with Gasteiger partial charge in [0.2, 0.25) is 41.4 Å². The van der Waals surface area contributed by atoms with Crippen LogP contribution in [0.2, 0.25) is 0 Å². The zero-order valence-electron chi connectivity index (χ0n) is 52.5. The van der Waals surface area contributed by atoms with Crippen molar-refractivity contribution in [1.29, 1.82) is 0 Å². The number of carbonyl (C=O) groups excluding carboxylic acids is 7. The molecule has 16 N–H and O–H groups in total. The second kappa shape index (κ2) is 39.9. The summed E-state index contributed by atoms with van der Waals surface area (Å²) in [6.45, 7) is 7.34. The third kappa shape index (κ3) is 26.9. The molecule has 3 saturated heterocycles. The van der Waals surface area contributed by atoms with Crippen LogP contribution in [0.5, 0.6) is 0 Å². The summed E-state index contributed by atoms with van der Waals surface area (Å²) in [6, 6.07) is -3.45. The SMILES string of the molecule is CC(=O)NC1C(OCCOCCNC(=O)CCC(CCC(=O)NCCOCCOC2OC(CO)C(O)C(O)C2NC(C)=O)(CCC(=O)NCCOCCOC2OC(CO)C(O)C(O)C2NC(C)=O)NC(=O)C2CCC(OC(C)(C)C)CC2)OC(CO)C(O)C1O. The van der Waals surface area contributed by atoms with E-state index in [0.717, 1.165) is 0 Å². The number of amides is 7. The van der Waals surface area contributed by atoms with Gasteiger partial charge in [-0.2, -0.15) is 0 Å². The minimum Gasteiger partial charge on any atom is -0.394 e. The number of hydrogen-bond acceptors (Lipinski definition) is 26. The highest BCUT2D eigenvalue weighted by atomic mass is 16.7. The lowest BCUT2D eigenvalue weighted by molar-refractivity contribution is -0.272. The number of ether oxygens (including phenoxy) is 10. The van der Waals surface area contributed by atoms with E-state index < -0.39 is 164 Å². The van der Waals surface area contributed by atoms with E-state index in [-0.39, 0.29) is 130 Å². The zero-order valence-corrected chi connectivity index (χ0v) is 52.5. The monoisotopic (exact) mass is 1300 g/mol. The lowest BCUT2D eigenvalue weighted by Gasteiger charge is -2.42. The first-order chi connectivity index (χ1) is 42.7. The standard InChI is InChI=1S/C57H101N7O26/c1-32(68)61-43-49(77)46(74)37(29-65)87-53(43)84-26-23-81-20-17-58-40(71)11-14-57(64-52(80)35-7-9-36(10-8-35)90-56(4,5)6,15-12-41(72)59-18-21-82-24-27-85-54-44(62-33(2)69)50(78)47(75)38(30-66)88-54)16-13-42(73)60-19-22-83-25-28-86-55-45(63-34(3)70)51(79)48(76)39(31-67)89-55/h35-39,43-51,53-55,65-67,74-79H,7-31H2,1-6H3,(H,58,71)(H,59,72)(H,60,73)(H,61,68)(H,62,69)(H,63,70)(H,64,80). The van der Waals surface area contributed by atoms with Gasteiger partial charge in [0.15, 0.2) is 18.9 Å². The lowest BCUT2D eigenvalue weighted by Crippen LogP contribution is -2.64. The van der Waals surface area contributed by atoms with Crippen LogP contribution in [0, 0.1) is 5.92 Å². The molecule has 0 aromatic carbocycles. The van der Waals surface area contributed by atoms with E-state index in [2.05, 4.69) is 37.2 Å². The number of aliphatic hydroxyl groups is 9. The summed E-state index contributed by atoms with van der Waals surface area (Å²) in [5.41, 5.74) is -1.69. The summed E-state index contributed by atoms with van der Waals surface area (Å²) in [4.78, 5) is 90.6. The predicted molar refractivity (Wildman–Crippen MR) is 311 cm³/mol. The van der Waals surface area contributed by atoms with Crippen LogP contribution < -0.4 is 37.2 Å². The first kappa shape index (κ1) is 78.0. The molecule has 4 fully saturated rings. The maximum absolute atomic E-state index is 14.4. The molecule has 0 bridgehead atoms. The predicted octanol–water partition coefficient (Wildman–Crippen LogP) is -6.16. The van der Waals surface area contributed by atoms with Gasteiger partial charge >= 0.3 is 0 Å². The molecule has 0 aromatic rings. The Balaban J connectivity index is 1.39. The summed E-state index contributed by atoms with van der Waals surface area (Å²) in [6.07, 6.45) is -14.6. The van der Waals surface area contributed by atoms with Crippen LogP contribution in [-0.4, -0.2) is 295 Å². The average molecular weight is 1300 g/mol. The Hall–Kier alpha value is -4.47. The molecule has 15 atom stereocenters. The van der Waals surface area contributed by atoms with Gasteiger partial charge < -0.3 is 131 Å². The maximum Gasteiger partial charge on any atom is 0.223 e. The van der Waals surface area contributed by atoms with Gasteiger partial charge in [0.05, 0.1) is 91.0 Å². The van der Waals surface area contributed by atoms with E-state index in [1.165, 1.54) is 20.8 Å². The van der Waals surface area contributed by atoms with Gasteiger partial charge in [0.1, 0.15) is 73.1 Å². The smallest absolute Gasteiger partial charge is 0.223 e. The van der Waals surface area contributed by atoms with Gasteiger partial charge in [-0.25, -0.2) is 0 Å². The lowest BCUT2D eigenvalue weighted by atomic mass is 9.81. The average Bonchev–Trinajstić information content (AvgIpc) is 1.09. The molecule has 0 spiro atoms. The van der Waals surface area contributed by atoms with Crippen LogP contribution in [0.25, 0.3) is 0 Å². The molecule has 0 radical (unpaired) electrons. The van der Waals surface area contributed by atoms with Crippen LogP contribution in [0.1, 0.15) is 106 Å². The van der Waals surface area contributed by atoms with E-state index in [9.17, 15) is 79.5 Å². The van der Waals surface area contributed by atoms with Crippen molar-refractivity contribution in [2.75, 3.05) is 98.9 Å². The maximum atomic E-state index is 14.4. The van der Waals surface area contributed by atoms with Crippen molar-refractivity contribution in [2.24, 2.45) is 5.92 Å². The van der Waals surface area contributed by atoms with E-state index >= 15 is 0 Å². The molecule has 0 aromatic heterocycles. The Morgan fingerprint density at radius 1 is 0.444 bits per heavy atom. The number of nitrogens with one attached hydrogen (secondary N) is 7. The summed E-state index contributed by atoms with van der Waals surface area (Å²) in [5.74, 6) is -3.64. The number of rotatable bonds is 39. The molecule has 3 heterocycles. The molecule has 33 nitrogen and oxygen atoms in total. The molecule has 33 heteroatoms. The third-order valence-corrected chi connectivity index (χ3v) is 15.4. The molecule has 7 amide bonds. The summed E-state index contributed by atoms with van der Waals surface area (Å²) >= 11 is 0. The van der Waals surface area contributed by atoms with Crippen LogP contribution in [0.3, 0.4) is 0 Å². The Kier molecular flexibility index (Phi) is 34.6. The first-order valence-corrected chi connectivity index (χ1v) is 30.8. The van der Waals surface area contributed by atoms with E-state index in [1.807, 2.05) is 20.8 Å². The molecule has 15 unspecified atom stereocenters. The molecule has 4 rings (SSSR count). The topological polar surface area (TPSA) is 478 Å². The second-order valence-corrected chi connectivity index (χ2v) is 23.8. The third-order valence-electron chi connectivity index (χ3n) is 15.4. The van der Waals surface area contributed by atoms with Gasteiger partial charge in [-0.3, -0.25) is 33.6 Å². The van der Waals surface area contributed by atoms with Crippen LogP contribution in [0.4, 0.5) is 0 Å². The highest BCUT2D eigenvalue weighted by Gasteiger charge is 2.48. The van der Waals surface area contributed by atoms with Gasteiger partial charge in [-0.05, 0) is 65.7 Å². The fourth-order valence-electron chi connectivity index (χ4n) is 10.8. The summed E-state index contributed by atoms with van der Waals surface area (Å²) < 4.78 is 56.9. The van der Waals surface area contributed by atoms with Crippen molar-refractivity contribution in [3.05, 3.63) is 0 Å². The van der Waals surface area contributed by atoms with Crippen molar-refractivity contribution in [2.45, 2.75) is 215 Å². The fourth-order valence-corrected chi connectivity index (χ4v) is 10.8. The molecule has 520 valence electrons. The van der Waals surface area contributed by atoms with Crippen molar-refractivity contribution in [1.82, 2.24) is 37.2 Å². The van der Waals surface area contributed by atoms with E-state index in [0.29, 0.717) is 25.7 Å². The van der Waals surface area contributed by atoms with Crippen molar-refractivity contribution in [3.8, 4) is 0 Å². The van der Waals surface area contributed by atoms with Crippen molar-refractivity contribution >= 4 is 41.4 Å². The minimum absolute atomic E-state index is 0.00808. The summed E-state index contributed by atoms with van der Waals surface area (Å²) in [5, 5.41) is 110. The van der Waals surface area contributed by atoms with Gasteiger partial charge in [0, 0.05) is 71.1 Å². The molecular weight excluding hydrogens is 1200 g/mol. The highest BCUT2D eigenvalue weighted by molar-refractivity contribution is 5.81. The van der Waals surface area contributed by atoms with Crippen molar-refractivity contribution < 1.29 is 127 Å². The molecule has 90 heavy (non-hydrogen) atoms. The van der Waals surface area contributed by atoms with Gasteiger partial charge in [-0.1, -0.05) is 0 Å². The largest absolute Gasteiger partial charge is 0.394 e.